The highest BCUT2D eigenvalue weighted by molar-refractivity contribution is 6.14. The van der Waals surface area contributed by atoms with Crippen LogP contribution in [0.15, 0.2) is 158 Å². The molecule has 8 aromatic carbocycles. The molecule has 0 atom stereocenters. The average molecular weight is 797 g/mol. The van der Waals surface area contributed by atoms with Crippen LogP contribution in [0.2, 0.25) is 0 Å². The van der Waals surface area contributed by atoms with Gasteiger partial charge in [0.15, 0.2) is 0 Å². The quantitative estimate of drug-likeness (QED) is 0.160. The number of para-hydroxylation sites is 2. The summed E-state index contributed by atoms with van der Waals surface area (Å²) in [7, 11) is 0. The van der Waals surface area contributed by atoms with Crippen molar-refractivity contribution in [2.75, 3.05) is 0 Å². The lowest BCUT2D eigenvalue weighted by Gasteiger charge is -2.20. The second-order valence-electron chi connectivity index (χ2n) is 15.7. The highest BCUT2D eigenvalue weighted by Gasteiger charge is 2.34. The Morgan fingerprint density at radius 1 is 0.525 bits per heavy atom. The zero-order valence-electron chi connectivity index (χ0n) is 33.4. The second kappa shape index (κ2) is 14.2. The maximum atomic E-state index is 14.5. The fraction of sp³-hybridized carbons (Fsp3) is 0.0741. The molecule has 0 amide bonds. The van der Waals surface area contributed by atoms with Crippen LogP contribution in [0.3, 0.4) is 0 Å². The first kappa shape index (κ1) is 37.4. The minimum Gasteiger partial charge on any atom is -0.319 e. The highest BCUT2D eigenvalue weighted by atomic mass is 19.4. The van der Waals surface area contributed by atoms with Gasteiger partial charge in [-0.25, -0.2) is 4.85 Å². The van der Waals surface area contributed by atoms with E-state index in [9.17, 15) is 18.4 Å². The minimum atomic E-state index is -4.55. The van der Waals surface area contributed by atoms with Gasteiger partial charge in [-0.1, -0.05) is 108 Å². The number of alkyl halides is 3. The van der Waals surface area contributed by atoms with Crippen molar-refractivity contribution in [2.24, 2.45) is 0 Å². The zero-order valence-corrected chi connectivity index (χ0v) is 33.4. The first-order valence-corrected chi connectivity index (χ1v) is 19.9. The van der Waals surface area contributed by atoms with Gasteiger partial charge in [-0.2, -0.15) is 18.4 Å². The van der Waals surface area contributed by atoms with Gasteiger partial charge in [0.1, 0.15) is 0 Å². The second-order valence-corrected chi connectivity index (χ2v) is 15.7. The van der Waals surface area contributed by atoms with Crippen molar-refractivity contribution in [1.29, 1.82) is 5.26 Å². The third kappa shape index (κ3) is 6.05. The van der Waals surface area contributed by atoms with Crippen LogP contribution in [0.5, 0.6) is 0 Å². The number of nitrogens with zero attached hydrogens (tertiary/aromatic N) is 4. The molecule has 0 N–H and O–H groups in total. The van der Waals surface area contributed by atoms with Gasteiger partial charge in [-0.05, 0) is 120 Å². The third-order valence-electron chi connectivity index (χ3n) is 11.8. The molecular weight excluding hydrogens is 762 g/mol. The Labute approximate surface area is 350 Å². The van der Waals surface area contributed by atoms with Crippen LogP contribution < -0.4 is 0 Å². The van der Waals surface area contributed by atoms with Gasteiger partial charge in [-0.3, -0.25) is 0 Å². The van der Waals surface area contributed by atoms with Gasteiger partial charge in [0, 0.05) is 21.5 Å². The molecule has 0 bridgehead atoms. The van der Waals surface area contributed by atoms with E-state index < -0.39 is 11.7 Å². The lowest BCUT2D eigenvalue weighted by Crippen LogP contribution is -2.07. The molecule has 4 nitrogen and oxygen atoms in total. The third-order valence-corrected chi connectivity index (χ3v) is 11.8. The summed E-state index contributed by atoms with van der Waals surface area (Å²) >= 11 is 0. The molecular formula is C54H35F3N4. The summed E-state index contributed by atoms with van der Waals surface area (Å²) in [6.45, 7) is 14.9. The SMILES string of the molecule is [C-]#[N+]c1c(-n2c3ccccc3c3cc(-c4ccc(C)cc4C)ccc32)ccc(-c2cccc(C#N)c2)c1-n1c2ccccc2c2cc(-c3ccc(C)cc3C(F)(F)F)ccc21. The van der Waals surface area contributed by atoms with Crippen LogP contribution in [-0.2, 0) is 6.18 Å². The predicted molar refractivity (Wildman–Crippen MR) is 242 cm³/mol. The molecule has 0 saturated carbocycles. The van der Waals surface area contributed by atoms with Crippen molar-refractivity contribution in [1.82, 2.24) is 9.13 Å². The number of benzene rings is 8. The smallest absolute Gasteiger partial charge is 0.319 e. The molecule has 61 heavy (non-hydrogen) atoms. The Bertz CT molecular complexity index is 3530. The van der Waals surface area contributed by atoms with E-state index in [1.54, 1.807) is 25.1 Å². The Hall–Kier alpha value is -7.87. The molecule has 0 unspecified atom stereocenters. The monoisotopic (exact) mass is 796 g/mol. The van der Waals surface area contributed by atoms with Gasteiger partial charge in [-0.15, -0.1) is 0 Å². The van der Waals surface area contributed by atoms with Crippen molar-refractivity contribution in [3.63, 3.8) is 0 Å². The summed E-state index contributed by atoms with van der Waals surface area (Å²) in [5, 5.41) is 13.6. The number of fused-ring (bicyclic) bond motifs is 6. The lowest BCUT2D eigenvalue weighted by atomic mass is 9.96. The first-order valence-electron chi connectivity index (χ1n) is 19.9. The van der Waals surface area contributed by atoms with E-state index in [0.717, 1.165) is 65.9 Å². The summed E-state index contributed by atoms with van der Waals surface area (Å²) in [6.07, 6.45) is -4.55. The molecule has 0 radical (unpaired) electrons. The van der Waals surface area contributed by atoms with Crippen molar-refractivity contribution < 1.29 is 13.2 Å². The molecule has 0 aliphatic heterocycles. The normalized spacial score (nSPS) is 11.7. The molecule has 0 fully saturated rings. The molecule has 10 aromatic rings. The van der Waals surface area contributed by atoms with E-state index in [-0.39, 0.29) is 5.56 Å². The fourth-order valence-corrected chi connectivity index (χ4v) is 9.14. The largest absolute Gasteiger partial charge is 0.417 e. The molecule has 0 aliphatic rings. The molecule has 2 aromatic heterocycles. The Morgan fingerprint density at radius 2 is 1.08 bits per heavy atom. The van der Waals surface area contributed by atoms with Gasteiger partial charge >= 0.3 is 6.18 Å². The summed E-state index contributed by atoms with van der Waals surface area (Å²) < 4.78 is 47.6. The topological polar surface area (TPSA) is 38.0 Å². The van der Waals surface area contributed by atoms with Crippen molar-refractivity contribution in [2.45, 2.75) is 26.9 Å². The number of nitriles is 1. The number of rotatable bonds is 5. The standard InChI is InChI=1S/C54H35F3N4/c1-32-16-20-39(34(3)26-32)37-18-23-49-44(29-37)42-12-5-7-14-47(42)60(49)51-25-22-41(36-11-9-10-35(28-36)31-58)53(52(51)59-4)61-48-15-8-6-13-43(48)45-30-38(19-24-50(45)61)40-21-17-33(2)27-46(40)54(55,56)57/h5-30H,1-3H3. The van der Waals surface area contributed by atoms with Crippen LogP contribution >= 0.6 is 0 Å². The van der Waals surface area contributed by atoms with Gasteiger partial charge in [0.2, 0.25) is 5.69 Å². The maximum Gasteiger partial charge on any atom is 0.417 e. The van der Waals surface area contributed by atoms with Crippen molar-refractivity contribution in [3.8, 4) is 50.8 Å². The van der Waals surface area contributed by atoms with Gasteiger partial charge < -0.3 is 9.13 Å². The predicted octanol–water partition coefficient (Wildman–Crippen LogP) is 15.2. The minimum absolute atomic E-state index is 0.0988. The number of hydrogen-bond donors (Lipinski definition) is 0. The highest BCUT2D eigenvalue weighted by Crippen LogP contribution is 2.47. The number of halogens is 3. The van der Waals surface area contributed by atoms with Crippen LogP contribution in [-0.4, -0.2) is 9.13 Å². The van der Waals surface area contributed by atoms with Crippen molar-refractivity contribution >= 4 is 49.3 Å². The fourth-order valence-electron chi connectivity index (χ4n) is 9.14. The molecule has 7 heteroatoms. The lowest BCUT2D eigenvalue weighted by molar-refractivity contribution is -0.137. The van der Waals surface area contributed by atoms with Crippen LogP contribution in [0, 0.1) is 38.7 Å². The van der Waals surface area contributed by atoms with Crippen molar-refractivity contribution in [3.05, 3.63) is 197 Å². The molecule has 0 spiro atoms. The van der Waals surface area contributed by atoms with Crippen LogP contribution in [0.4, 0.5) is 18.9 Å². The van der Waals surface area contributed by atoms with E-state index in [1.165, 1.54) is 23.3 Å². The van der Waals surface area contributed by atoms with Crippen LogP contribution in [0.1, 0.15) is 27.8 Å². The number of aromatic nitrogens is 2. The summed E-state index contributed by atoms with van der Waals surface area (Å²) in [4.78, 5) is 4.35. The molecule has 10 rings (SSSR count). The number of hydrogen-bond acceptors (Lipinski definition) is 1. The first-order chi connectivity index (χ1) is 29.5. The van der Waals surface area contributed by atoms with Gasteiger partial charge in [0.05, 0.1) is 57.2 Å². The van der Waals surface area contributed by atoms with E-state index >= 15 is 0 Å². The van der Waals surface area contributed by atoms with E-state index in [0.29, 0.717) is 33.8 Å². The average Bonchev–Trinajstić information content (AvgIpc) is 3.77. The Balaban J connectivity index is 1.29. The summed E-state index contributed by atoms with van der Waals surface area (Å²) in [5.74, 6) is 0. The molecule has 0 saturated heterocycles. The van der Waals surface area contributed by atoms with E-state index in [1.807, 2.05) is 78.9 Å². The zero-order chi connectivity index (χ0) is 42.2. The van der Waals surface area contributed by atoms with E-state index in [4.69, 9.17) is 6.57 Å². The Kier molecular flexibility index (Phi) is 8.68. The number of aryl methyl sites for hydroxylation is 3. The molecule has 2 heterocycles. The van der Waals surface area contributed by atoms with E-state index in [2.05, 4.69) is 82.4 Å². The molecule has 0 aliphatic carbocycles. The molecule has 292 valence electrons. The maximum absolute atomic E-state index is 14.5. The Morgan fingerprint density at radius 3 is 1.72 bits per heavy atom. The summed E-state index contributed by atoms with van der Waals surface area (Å²) in [6, 6.07) is 52.4. The van der Waals surface area contributed by atoms with Crippen LogP contribution in [0.25, 0.3) is 93.2 Å². The van der Waals surface area contributed by atoms with Gasteiger partial charge in [0.25, 0.3) is 0 Å². The summed E-state index contributed by atoms with van der Waals surface area (Å²) in [5.41, 5.74) is 12.0.